The number of hydrogen-bond acceptors (Lipinski definition) is 2. The first-order valence-electron chi connectivity index (χ1n) is 9.25. The van der Waals surface area contributed by atoms with Crippen LogP contribution >= 0.6 is 0 Å². The van der Waals surface area contributed by atoms with E-state index in [9.17, 15) is 4.79 Å². The molecule has 1 aromatic carbocycles. The third kappa shape index (κ3) is 4.57. The third-order valence-electron chi connectivity index (χ3n) is 5.69. The van der Waals surface area contributed by atoms with Gasteiger partial charge in [-0.2, -0.15) is 0 Å². The topological polar surface area (TPSA) is 32.3 Å². The summed E-state index contributed by atoms with van der Waals surface area (Å²) in [6.45, 7) is 6.41. The van der Waals surface area contributed by atoms with Crippen molar-refractivity contribution in [2.24, 2.45) is 17.8 Å². The first-order valence-corrected chi connectivity index (χ1v) is 9.25. The van der Waals surface area contributed by atoms with Crippen molar-refractivity contribution in [1.82, 2.24) is 10.2 Å². The average Bonchev–Trinajstić information content (AvgIpc) is 3.05. The minimum absolute atomic E-state index is 0.381. The first kappa shape index (κ1) is 16.5. The van der Waals surface area contributed by atoms with Gasteiger partial charge in [-0.05, 0) is 62.1 Å². The minimum Gasteiger partial charge on any atom is -0.342 e. The minimum atomic E-state index is 0.381. The van der Waals surface area contributed by atoms with E-state index >= 15 is 0 Å². The molecule has 3 rings (SSSR count). The molecule has 3 nitrogen and oxygen atoms in total. The van der Waals surface area contributed by atoms with Gasteiger partial charge in [0.25, 0.3) is 0 Å². The van der Waals surface area contributed by atoms with Crippen LogP contribution in [0.5, 0.6) is 0 Å². The molecule has 0 saturated carbocycles. The molecule has 23 heavy (non-hydrogen) atoms. The smallest absolute Gasteiger partial charge is 0.222 e. The second-order valence-corrected chi connectivity index (χ2v) is 7.45. The normalized spacial score (nSPS) is 23.9. The highest BCUT2D eigenvalue weighted by Gasteiger charge is 2.29. The van der Waals surface area contributed by atoms with Crippen LogP contribution in [0.2, 0.25) is 0 Å². The van der Waals surface area contributed by atoms with Crippen LogP contribution in [0.25, 0.3) is 0 Å². The zero-order chi connectivity index (χ0) is 16.1. The first-order chi connectivity index (χ1) is 11.2. The fourth-order valence-electron chi connectivity index (χ4n) is 4.16. The predicted molar refractivity (Wildman–Crippen MR) is 94.2 cm³/mol. The van der Waals surface area contributed by atoms with Crippen molar-refractivity contribution >= 4 is 5.91 Å². The van der Waals surface area contributed by atoms with Gasteiger partial charge in [0, 0.05) is 19.5 Å². The van der Waals surface area contributed by atoms with Crippen molar-refractivity contribution in [2.45, 2.75) is 39.0 Å². The fraction of sp³-hybridized carbons (Fsp3) is 0.650. The summed E-state index contributed by atoms with van der Waals surface area (Å²) >= 11 is 0. The van der Waals surface area contributed by atoms with Gasteiger partial charge in [-0.3, -0.25) is 4.79 Å². The lowest BCUT2D eigenvalue weighted by atomic mass is 9.84. The number of likely N-dealkylation sites (tertiary alicyclic amines) is 1. The molecule has 0 spiro atoms. The molecule has 2 unspecified atom stereocenters. The quantitative estimate of drug-likeness (QED) is 0.906. The van der Waals surface area contributed by atoms with Crippen LogP contribution in [-0.2, 0) is 11.2 Å². The lowest BCUT2D eigenvalue weighted by Crippen LogP contribution is -2.35. The number of nitrogens with one attached hydrogen (secondary N) is 1. The van der Waals surface area contributed by atoms with E-state index in [0.29, 0.717) is 17.7 Å². The maximum absolute atomic E-state index is 12.6. The van der Waals surface area contributed by atoms with E-state index in [2.05, 4.69) is 47.5 Å². The van der Waals surface area contributed by atoms with E-state index in [1.165, 1.54) is 18.4 Å². The Hall–Kier alpha value is -1.35. The van der Waals surface area contributed by atoms with Crippen LogP contribution in [0.1, 0.15) is 38.2 Å². The van der Waals surface area contributed by atoms with Crippen molar-refractivity contribution in [3.8, 4) is 0 Å². The molecule has 3 heteroatoms. The lowest BCUT2D eigenvalue weighted by molar-refractivity contribution is -0.131. The molecule has 1 N–H and O–H groups in total. The van der Waals surface area contributed by atoms with Gasteiger partial charge in [-0.15, -0.1) is 0 Å². The van der Waals surface area contributed by atoms with Crippen LogP contribution in [0, 0.1) is 17.8 Å². The SMILES string of the molecule is CC(CC(=O)N1CCC(Cc2ccccc2)C1)C1CCNCC1. The Labute approximate surface area is 140 Å². The van der Waals surface area contributed by atoms with Crippen molar-refractivity contribution in [2.75, 3.05) is 26.2 Å². The number of amides is 1. The highest BCUT2D eigenvalue weighted by atomic mass is 16.2. The molecular weight excluding hydrogens is 284 g/mol. The Balaban J connectivity index is 1.45. The van der Waals surface area contributed by atoms with E-state index in [-0.39, 0.29) is 0 Å². The summed E-state index contributed by atoms with van der Waals surface area (Å²) in [7, 11) is 0. The molecule has 2 aliphatic rings. The summed E-state index contributed by atoms with van der Waals surface area (Å²) in [4.78, 5) is 14.7. The summed E-state index contributed by atoms with van der Waals surface area (Å²) < 4.78 is 0. The molecule has 0 aliphatic carbocycles. The summed E-state index contributed by atoms with van der Waals surface area (Å²) in [6.07, 6.45) is 5.45. The highest BCUT2D eigenvalue weighted by molar-refractivity contribution is 5.76. The molecule has 2 atom stereocenters. The molecule has 0 bridgehead atoms. The third-order valence-corrected chi connectivity index (χ3v) is 5.69. The largest absolute Gasteiger partial charge is 0.342 e. The molecule has 2 fully saturated rings. The molecule has 1 aromatic rings. The lowest BCUT2D eigenvalue weighted by Gasteiger charge is -2.29. The van der Waals surface area contributed by atoms with Gasteiger partial charge in [0.15, 0.2) is 0 Å². The summed E-state index contributed by atoms with van der Waals surface area (Å²) in [5.41, 5.74) is 1.40. The molecule has 0 radical (unpaired) electrons. The summed E-state index contributed by atoms with van der Waals surface area (Å²) in [5, 5.41) is 3.41. The second-order valence-electron chi connectivity index (χ2n) is 7.45. The molecule has 0 aromatic heterocycles. The molecule has 2 aliphatic heterocycles. The molecule has 126 valence electrons. The van der Waals surface area contributed by atoms with Crippen molar-refractivity contribution in [1.29, 1.82) is 0 Å². The average molecular weight is 314 g/mol. The van der Waals surface area contributed by atoms with Crippen LogP contribution in [-0.4, -0.2) is 37.0 Å². The van der Waals surface area contributed by atoms with Crippen molar-refractivity contribution < 1.29 is 4.79 Å². The van der Waals surface area contributed by atoms with Crippen LogP contribution < -0.4 is 5.32 Å². The Morgan fingerprint density at radius 2 is 1.96 bits per heavy atom. The number of piperidine rings is 1. The number of carbonyl (C=O) groups is 1. The number of nitrogens with zero attached hydrogens (tertiary/aromatic N) is 1. The van der Waals surface area contributed by atoms with E-state index in [4.69, 9.17) is 0 Å². The van der Waals surface area contributed by atoms with Gasteiger partial charge in [-0.1, -0.05) is 37.3 Å². The highest BCUT2D eigenvalue weighted by Crippen LogP contribution is 2.27. The number of carbonyl (C=O) groups excluding carboxylic acids is 1. The Kier molecular flexibility index (Phi) is 5.71. The summed E-state index contributed by atoms with van der Waals surface area (Å²) in [5.74, 6) is 2.27. The monoisotopic (exact) mass is 314 g/mol. The van der Waals surface area contributed by atoms with Gasteiger partial charge in [-0.25, -0.2) is 0 Å². The number of hydrogen-bond donors (Lipinski definition) is 1. The standard InChI is InChI=1S/C20H30N2O/c1-16(19-7-10-21-11-8-19)13-20(23)22-12-9-18(15-22)14-17-5-3-2-4-6-17/h2-6,16,18-19,21H,7-15H2,1H3. The molecule has 2 heterocycles. The van der Waals surface area contributed by atoms with E-state index < -0.39 is 0 Å². The zero-order valence-electron chi connectivity index (χ0n) is 14.3. The Morgan fingerprint density at radius 1 is 1.22 bits per heavy atom. The summed E-state index contributed by atoms with van der Waals surface area (Å²) in [6, 6.07) is 10.7. The predicted octanol–water partition coefficient (Wildman–Crippen LogP) is 3.10. The van der Waals surface area contributed by atoms with E-state index in [1.807, 2.05) is 0 Å². The molecule has 2 saturated heterocycles. The maximum Gasteiger partial charge on any atom is 0.222 e. The van der Waals surface area contributed by atoms with Gasteiger partial charge in [0.05, 0.1) is 0 Å². The Morgan fingerprint density at radius 3 is 2.70 bits per heavy atom. The van der Waals surface area contributed by atoms with Gasteiger partial charge < -0.3 is 10.2 Å². The zero-order valence-corrected chi connectivity index (χ0v) is 14.3. The van der Waals surface area contributed by atoms with Crippen LogP contribution in [0.3, 0.4) is 0 Å². The van der Waals surface area contributed by atoms with Crippen LogP contribution in [0.15, 0.2) is 30.3 Å². The maximum atomic E-state index is 12.6. The van der Waals surface area contributed by atoms with Gasteiger partial charge in [0.2, 0.25) is 5.91 Å². The van der Waals surface area contributed by atoms with Crippen molar-refractivity contribution in [3.05, 3.63) is 35.9 Å². The Bertz CT molecular complexity index is 496. The van der Waals surface area contributed by atoms with Crippen molar-refractivity contribution in [3.63, 3.8) is 0 Å². The van der Waals surface area contributed by atoms with Crippen LogP contribution in [0.4, 0.5) is 0 Å². The second kappa shape index (κ2) is 7.96. The van der Waals surface area contributed by atoms with E-state index in [0.717, 1.165) is 51.4 Å². The van der Waals surface area contributed by atoms with E-state index in [1.54, 1.807) is 0 Å². The number of rotatable bonds is 5. The molecule has 1 amide bonds. The van der Waals surface area contributed by atoms with Gasteiger partial charge >= 0.3 is 0 Å². The fourth-order valence-corrected chi connectivity index (χ4v) is 4.16. The number of benzene rings is 1. The van der Waals surface area contributed by atoms with Gasteiger partial charge in [0.1, 0.15) is 0 Å². The molecular formula is C20H30N2O.